The van der Waals surface area contributed by atoms with Gasteiger partial charge >= 0.3 is 0 Å². The standard InChI is InChI=1S/C32H36ClN7O4/c1-18(17-41)34-13-28(42)40-15-25-27(16-40)44-32(37-25)21-8-5-7-20(19(21)2)22-9-6-10-23(29(22)33)36-31(43)30-35-24-14-38(3)12-11-26(24)39(30)4/h5-10,18,34,41H,11-17H2,1-4H3,(H,36,43). The molecule has 1 unspecified atom stereocenters. The number of oxazole rings is 1. The van der Waals surface area contributed by atoms with Gasteiger partial charge in [0.05, 0.1) is 42.6 Å². The van der Waals surface area contributed by atoms with Crippen molar-refractivity contribution in [1.29, 1.82) is 0 Å². The summed E-state index contributed by atoms with van der Waals surface area (Å²) in [5, 5.41) is 15.6. The predicted molar refractivity (Wildman–Crippen MR) is 167 cm³/mol. The van der Waals surface area contributed by atoms with Gasteiger partial charge in [-0.1, -0.05) is 35.9 Å². The van der Waals surface area contributed by atoms with Crippen molar-refractivity contribution in [2.45, 2.75) is 45.9 Å². The summed E-state index contributed by atoms with van der Waals surface area (Å²) in [7, 11) is 3.93. The van der Waals surface area contributed by atoms with Crippen molar-refractivity contribution in [1.82, 2.24) is 29.7 Å². The Kier molecular flexibility index (Phi) is 8.30. The number of imidazole rings is 1. The minimum atomic E-state index is -0.311. The van der Waals surface area contributed by atoms with Gasteiger partial charge in [0.15, 0.2) is 5.82 Å². The van der Waals surface area contributed by atoms with Crippen molar-refractivity contribution in [3.05, 3.63) is 75.7 Å². The van der Waals surface area contributed by atoms with Gasteiger partial charge in [-0.25, -0.2) is 9.97 Å². The van der Waals surface area contributed by atoms with Crippen molar-refractivity contribution in [2.24, 2.45) is 7.05 Å². The molecule has 2 amide bonds. The molecule has 0 radical (unpaired) electrons. The van der Waals surface area contributed by atoms with Crippen LogP contribution < -0.4 is 10.6 Å². The molecule has 0 aliphatic carbocycles. The molecule has 0 fully saturated rings. The topological polar surface area (TPSA) is 129 Å². The van der Waals surface area contributed by atoms with Gasteiger partial charge in [0.1, 0.15) is 11.5 Å². The van der Waals surface area contributed by atoms with Crippen molar-refractivity contribution in [2.75, 3.05) is 32.1 Å². The largest absolute Gasteiger partial charge is 0.439 e. The van der Waals surface area contributed by atoms with Crippen LogP contribution >= 0.6 is 11.6 Å². The van der Waals surface area contributed by atoms with E-state index in [9.17, 15) is 14.7 Å². The maximum absolute atomic E-state index is 13.3. The zero-order valence-electron chi connectivity index (χ0n) is 25.3. The Morgan fingerprint density at radius 2 is 1.80 bits per heavy atom. The van der Waals surface area contributed by atoms with E-state index in [2.05, 4.69) is 20.5 Å². The number of aliphatic hydroxyl groups excluding tert-OH is 1. The van der Waals surface area contributed by atoms with E-state index >= 15 is 0 Å². The highest BCUT2D eigenvalue weighted by Crippen LogP contribution is 2.39. The third-order valence-corrected chi connectivity index (χ3v) is 8.84. The summed E-state index contributed by atoms with van der Waals surface area (Å²) >= 11 is 6.92. The third-order valence-electron chi connectivity index (χ3n) is 8.43. The van der Waals surface area contributed by atoms with Crippen molar-refractivity contribution in [3.63, 3.8) is 0 Å². The smallest absolute Gasteiger partial charge is 0.291 e. The molecule has 6 rings (SSSR count). The van der Waals surface area contributed by atoms with Gasteiger partial charge in [0, 0.05) is 49.4 Å². The Balaban J connectivity index is 1.21. The minimum Gasteiger partial charge on any atom is -0.439 e. The second-order valence-electron chi connectivity index (χ2n) is 11.6. The molecule has 0 bridgehead atoms. The van der Waals surface area contributed by atoms with Crippen LogP contribution in [0.5, 0.6) is 0 Å². The van der Waals surface area contributed by atoms with E-state index in [1.54, 1.807) is 11.0 Å². The first-order valence-corrected chi connectivity index (χ1v) is 15.1. The quantitative estimate of drug-likeness (QED) is 0.273. The van der Waals surface area contributed by atoms with Gasteiger partial charge in [-0.3, -0.25) is 9.59 Å². The fourth-order valence-electron chi connectivity index (χ4n) is 5.81. The second kappa shape index (κ2) is 12.2. The van der Waals surface area contributed by atoms with Crippen LogP contribution in [-0.4, -0.2) is 74.0 Å². The lowest BCUT2D eigenvalue weighted by atomic mass is 9.96. The molecule has 2 aromatic carbocycles. The highest BCUT2D eigenvalue weighted by molar-refractivity contribution is 6.36. The number of fused-ring (bicyclic) bond motifs is 2. The van der Waals surface area contributed by atoms with Gasteiger partial charge in [-0.05, 0) is 44.2 Å². The van der Waals surface area contributed by atoms with E-state index in [4.69, 9.17) is 21.0 Å². The molecular weight excluding hydrogens is 582 g/mol. The van der Waals surface area contributed by atoms with Crippen molar-refractivity contribution >= 4 is 29.1 Å². The lowest BCUT2D eigenvalue weighted by Crippen LogP contribution is -2.39. The normalized spacial score (nSPS) is 15.3. The Labute approximate surface area is 260 Å². The molecule has 4 aromatic rings. The van der Waals surface area contributed by atoms with Crippen LogP contribution in [0, 0.1) is 6.92 Å². The summed E-state index contributed by atoms with van der Waals surface area (Å²) in [5.74, 6) is 1.12. The highest BCUT2D eigenvalue weighted by Gasteiger charge is 2.30. The van der Waals surface area contributed by atoms with Crippen LogP contribution in [0.25, 0.3) is 22.6 Å². The van der Waals surface area contributed by atoms with E-state index in [1.807, 2.05) is 62.8 Å². The van der Waals surface area contributed by atoms with Gasteiger partial charge in [0.25, 0.3) is 5.91 Å². The van der Waals surface area contributed by atoms with Crippen molar-refractivity contribution < 1.29 is 19.1 Å². The molecule has 3 N–H and O–H groups in total. The Hall–Kier alpha value is -4.03. The molecule has 11 nitrogen and oxygen atoms in total. The SMILES string of the molecule is Cc1c(-c2nc3c(o2)CN(C(=O)CNC(C)CO)C3)cccc1-c1cccc(NC(=O)c2nc3c(n2C)CCN(C)C3)c1Cl. The number of rotatable bonds is 8. The maximum atomic E-state index is 13.3. The summed E-state index contributed by atoms with van der Waals surface area (Å²) in [6, 6.07) is 11.3. The van der Waals surface area contributed by atoms with Gasteiger partial charge in [0.2, 0.25) is 11.8 Å². The van der Waals surface area contributed by atoms with Gasteiger partial charge in [-0.15, -0.1) is 0 Å². The summed E-state index contributed by atoms with van der Waals surface area (Å²) in [6.07, 6.45) is 0.848. The highest BCUT2D eigenvalue weighted by atomic mass is 35.5. The number of carbonyl (C=O) groups is 2. The lowest BCUT2D eigenvalue weighted by molar-refractivity contribution is -0.131. The Morgan fingerprint density at radius 1 is 1.05 bits per heavy atom. The number of hydrogen-bond acceptors (Lipinski definition) is 8. The zero-order chi connectivity index (χ0) is 31.1. The maximum Gasteiger partial charge on any atom is 0.291 e. The third kappa shape index (κ3) is 5.63. The van der Waals surface area contributed by atoms with E-state index in [0.717, 1.165) is 52.3 Å². The molecule has 1 atom stereocenters. The molecular formula is C32H36ClN7O4. The van der Waals surface area contributed by atoms with E-state index in [1.165, 1.54) is 0 Å². The van der Waals surface area contributed by atoms with Crippen LogP contribution in [0.1, 0.15) is 45.9 Å². The molecule has 12 heteroatoms. The molecule has 2 aliphatic heterocycles. The lowest BCUT2D eigenvalue weighted by Gasteiger charge is -2.21. The molecule has 0 saturated heterocycles. The first-order chi connectivity index (χ1) is 21.1. The van der Waals surface area contributed by atoms with Crippen molar-refractivity contribution in [3.8, 4) is 22.6 Å². The number of aromatic nitrogens is 3. The average Bonchev–Trinajstić information content (AvgIpc) is 3.69. The number of hydrogen-bond donors (Lipinski definition) is 3. The number of aliphatic hydroxyl groups is 1. The number of carbonyl (C=O) groups excluding carboxylic acids is 2. The number of anilines is 1. The van der Waals surface area contributed by atoms with Crippen LogP contribution in [0.4, 0.5) is 5.69 Å². The number of nitrogens with one attached hydrogen (secondary N) is 2. The van der Waals surface area contributed by atoms with E-state index < -0.39 is 0 Å². The molecule has 4 heterocycles. The molecule has 44 heavy (non-hydrogen) atoms. The number of amides is 2. The van der Waals surface area contributed by atoms with Gasteiger partial charge in [-0.2, -0.15) is 0 Å². The zero-order valence-corrected chi connectivity index (χ0v) is 26.0. The molecule has 0 saturated carbocycles. The second-order valence-corrected chi connectivity index (χ2v) is 12.0. The van der Waals surface area contributed by atoms with Crippen LogP contribution in [0.2, 0.25) is 5.02 Å². The monoisotopic (exact) mass is 617 g/mol. The fraction of sp³-hybridized carbons (Fsp3) is 0.375. The molecule has 0 spiro atoms. The first kappa shape index (κ1) is 30.0. The molecule has 2 aromatic heterocycles. The Bertz CT molecular complexity index is 1720. The van der Waals surface area contributed by atoms with Gasteiger partial charge < -0.3 is 34.5 Å². The number of halogens is 1. The minimum absolute atomic E-state index is 0.0356. The van der Waals surface area contributed by atoms with E-state index in [0.29, 0.717) is 47.8 Å². The number of benzene rings is 2. The predicted octanol–water partition coefficient (Wildman–Crippen LogP) is 3.76. The van der Waals surface area contributed by atoms with Crippen LogP contribution in [0.15, 0.2) is 40.8 Å². The average molecular weight is 618 g/mol. The Morgan fingerprint density at radius 3 is 2.57 bits per heavy atom. The van der Waals surface area contributed by atoms with Crippen LogP contribution in [-0.2, 0) is 37.9 Å². The molecule has 2 aliphatic rings. The summed E-state index contributed by atoms with van der Waals surface area (Å²) < 4.78 is 8.03. The number of nitrogens with zero attached hydrogens (tertiary/aromatic N) is 5. The van der Waals surface area contributed by atoms with E-state index in [-0.39, 0.29) is 31.0 Å². The number of likely N-dealkylation sites (N-methyl/N-ethyl adjacent to an activating group) is 1. The first-order valence-electron chi connectivity index (χ1n) is 14.7. The van der Waals surface area contributed by atoms with Crippen LogP contribution in [0.3, 0.4) is 0 Å². The summed E-state index contributed by atoms with van der Waals surface area (Å²) in [5.41, 5.74) is 6.65. The summed E-state index contributed by atoms with van der Waals surface area (Å²) in [4.78, 5) is 39.2. The fourth-order valence-corrected chi connectivity index (χ4v) is 6.08. The molecule has 230 valence electrons. The summed E-state index contributed by atoms with van der Waals surface area (Å²) in [6.45, 7) is 6.27.